The van der Waals surface area contributed by atoms with Gasteiger partial charge in [-0.2, -0.15) is 0 Å². The Morgan fingerprint density at radius 3 is 2.80 bits per heavy atom. The molecule has 20 heavy (non-hydrogen) atoms. The van der Waals surface area contributed by atoms with Crippen molar-refractivity contribution in [2.24, 2.45) is 4.99 Å². The van der Waals surface area contributed by atoms with E-state index in [0.29, 0.717) is 0 Å². The maximum absolute atomic E-state index is 5.42. The largest absolute Gasteiger partial charge is 0.495 e. The SMILES string of the molecule is COc1ccc(C)cc1NC1=NC2(CCCCC2)CS1. The third kappa shape index (κ3) is 2.80. The summed E-state index contributed by atoms with van der Waals surface area (Å²) in [6, 6.07) is 6.19. The third-order valence-electron chi connectivity index (χ3n) is 4.20. The van der Waals surface area contributed by atoms with Crippen LogP contribution in [0.1, 0.15) is 37.7 Å². The molecule has 1 saturated carbocycles. The molecule has 1 fully saturated rings. The number of hydrogen-bond acceptors (Lipinski definition) is 4. The van der Waals surface area contributed by atoms with Crippen LogP contribution in [-0.2, 0) is 0 Å². The lowest BCUT2D eigenvalue weighted by molar-refractivity contribution is 0.335. The molecule has 0 unspecified atom stereocenters. The van der Waals surface area contributed by atoms with Gasteiger partial charge in [-0.25, -0.2) is 0 Å². The standard InChI is InChI=1S/C16H22N2OS/c1-12-6-7-14(19-2)13(10-12)17-15-18-16(11-20-15)8-4-3-5-9-16/h6-7,10H,3-5,8-9,11H2,1-2H3,(H,17,18). The van der Waals surface area contributed by atoms with Crippen molar-refractivity contribution in [1.82, 2.24) is 0 Å². The first kappa shape index (κ1) is 13.8. The van der Waals surface area contributed by atoms with Gasteiger partial charge in [0.1, 0.15) is 5.75 Å². The molecule has 0 aromatic heterocycles. The number of hydrogen-bond donors (Lipinski definition) is 1. The van der Waals surface area contributed by atoms with Crippen LogP contribution in [0.5, 0.6) is 5.75 Å². The Morgan fingerprint density at radius 2 is 2.05 bits per heavy atom. The number of nitrogens with zero attached hydrogens (tertiary/aromatic N) is 1. The van der Waals surface area contributed by atoms with E-state index >= 15 is 0 Å². The monoisotopic (exact) mass is 290 g/mol. The number of ether oxygens (including phenoxy) is 1. The molecule has 4 heteroatoms. The Balaban J connectivity index is 1.78. The van der Waals surface area contributed by atoms with E-state index < -0.39 is 0 Å². The number of thioether (sulfide) groups is 1. The minimum atomic E-state index is 0.211. The molecular weight excluding hydrogens is 268 g/mol. The molecular formula is C16H22N2OS. The van der Waals surface area contributed by atoms with E-state index in [-0.39, 0.29) is 5.54 Å². The minimum Gasteiger partial charge on any atom is -0.495 e. The molecule has 1 aliphatic heterocycles. The van der Waals surface area contributed by atoms with Gasteiger partial charge in [0.25, 0.3) is 0 Å². The van der Waals surface area contributed by atoms with E-state index in [4.69, 9.17) is 9.73 Å². The summed E-state index contributed by atoms with van der Waals surface area (Å²) in [5, 5.41) is 4.51. The van der Waals surface area contributed by atoms with Gasteiger partial charge in [-0.05, 0) is 37.5 Å². The zero-order valence-corrected chi connectivity index (χ0v) is 13.1. The summed E-state index contributed by atoms with van der Waals surface area (Å²) in [5.41, 5.74) is 2.46. The van der Waals surface area contributed by atoms with Crippen molar-refractivity contribution in [2.45, 2.75) is 44.6 Å². The molecule has 0 bridgehead atoms. The van der Waals surface area contributed by atoms with Crippen molar-refractivity contribution < 1.29 is 4.74 Å². The zero-order chi connectivity index (χ0) is 14.0. The lowest BCUT2D eigenvalue weighted by Crippen LogP contribution is -2.29. The van der Waals surface area contributed by atoms with Gasteiger partial charge in [0.05, 0.1) is 18.3 Å². The Labute approximate surface area is 125 Å². The van der Waals surface area contributed by atoms with Gasteiger partial charge < -0.3 is 10.1 Å². The summed E-state index contributed by atoms with van der Waals surface area (Å²) < 4.78 is 5.42. The molecule has 0 radical (unpaired) electrons. The molecule has 1 heterocycles. The quantitative estimate of drug-likeness (QED) is 0.885. The molecule has 108 valence electrons. The van der Waals surface area contributed by atoms with E-state index in [0.717, 1.165) is 22.4 Å². The molecule has 0 saturated heterocycles. The summed E-state index contributed by atoms with van der Waals surface area (Å²) in [5.74, 6) is 2.01. The van der Waals surface area contributed by atoms with E-state index in [1.54, 1.807) is 7.11 Å². The summed E-state index contributed by atoms with van der Waals surface area (Å²) in [7, 11) is 1.71. The number of aliphatic imine (C=N–C) groups is 1. The van der Waals surface area contributed by atoms with Gasteiger partial charge >= 0.3 is 0 Å². The van der Waals surface area contributed by atoms with Gasteiger partial charge in [-0.15, -0.1) is 0 Å². The number of aryl methyl sites for hydroxylation is 1. The average molecular weight is 290 g/mol. The summed E-state index contributed by atoms with van der Waals surface area (Å²) >= 11 is 1.85. The second-order valence-electron chi connectivity index (χ2n) is 5.82. The van der Waals surface area contributed by atoms with Crippen molar-refractivity contribution >= 4 is 22.6 Å². The van der Waals surface area contributed by atoms with Crippen LogP contribution in [0, 0.1) is 6.92 Å². The van der Waals surface area contributed by atoms with Crippen LogP contribution < -0.4 is 10.1 Å². The maximum atomic E-state index is 5.42. The van der Waals surface area contributed by atoms with Crippen molar-refractivity contribution in [3.63, 3.8) is 0 Å². The average Bonchev–Trinajstić information content (AvgIpc) is 2.82. The van der Waals surface area contributed by atoms with Crippen LogP contribution in [0.25, 0.3) is 0 Å². The molecule has 3 rings (SSSR count). The first-order valence-corrected chi connectivity index (χ1v) is 8.34. The van der Waals surface area contributed by atoms with Crippen LogP contribution in [0.4, 0.5) is 5.69 Å². The van der Waals surface area contributed by atoms with Gasteiger partial charge in [-0.3, -0.25) is 4.99 Å². The lowest BCUT2D eigenvalue weighted by Gasteiger charge is -2.29. The number of anilines is 1. The van der Waals surface area contributed by atoms with E-state index in [1.807, 2.05) is 17.8 Å². The zero-order valence-electron chi connectivity index (χ0n) is 12.2. The van der Waals surface area contributed by atoms with Crippen molar-refractivity contribution in [1.29, 1.82) is 0 Å². The molecule has 0 amide bonds. The van der Waals surface area contributed by atoms with Gasteiger partial charge in [0, 0.05) is 5.75 Å². The highest BCUT2D eigenvalue weighted by Crippen LogP contribution is 2.40. The fraction of sp³-hybridized carbons (Fsp3) is 0.562. The van der Waals surface area contributed by atoms with Gasteiger partial charge in [-0.1, -0.05) is 37.1 Å². The number of methoxy groups -OCH3 is 1. The van der Waals surface area contributed by atoms with Crippen LogP contribution in [-0.4, -0.2) is 23.6 Å². The molecule has 1 aromatic carbocycles. The molecule has 1 aromatic rings. The van der Waals surface area contributed by atoms with Crippen molar-refractivity contribution in [3.8, 4) is 5.75 Å². The molecule has 1 N–H and O–H groups in total. The van der Waals surface area contributed by atoms with Gasteiger partial charge in [0.15, 0.2) is 5.17 Å². The van der Waals surface area contributed by atoms with Crippen LogP contribution in [0.15, 0.2) is 23.2 Å². The number of benzene rings is 1. The van der Waals surface area contributed by atoms with Crippen molar-refractivity contribution in [2.75, 3.05) is 18.2 Å². The smallest absolute Gasteiger partial charge is 0.161 e. The normalized spacial score (nSPS) is 20.8. The Morgan fingerprint density at radius 1 is 1.25 bits per heavy atom. The summed E-state index contributed by atoms with van der Waals surface area (Å²) in [6.45, 7) is 2.09. The lowest BCUT2D eigenvalue weighted by atomic mass is 9.84. The predicted molar refractivity (Wildman–Crippen MR) is 87.1 cm³/mol. The molecule has 1 spiro atoms. The number of amidine groups is 1. The fourth-order valence-electron chi connectivity index (χ4n) is 3.05. The summed E-state index contributed by atoms with van der Waals surface area (Å²) in [4.78, 5) is 4.99. The fourth-order valence-corrected chi connectivity index (χ4v) is 4.25. The predicted octanol–water partition coefficient (Wildman–Crippen LogP) is 4.22. The highest BCUT2D eigenvalue weighted by Gasteiger charge is 2.36. The Kier molecular flexibility index (Phi) is 3.92. The molecule has 1 aliphatic carbocycles. The van der Waals surface area contributed by atoms with E-state index in [1.165, 1.54) is 37.7 Å². The first-order valence-electron chi connectivity index (χ1n) is 7.35. The molecule has 2 aliphatic rings. The Hall–Kier alpha value is -1.16. The number of rotatable bonds is 2. The summed E-state index contributed by atoms with van der Waals surface area (Å²) in [6.07, 6.45) is 6.51. The Bertz CT molecular complexity index is 521. The molecule has 3 nitrogen and oxygen atoms in total. The highest BCUT2D eigenvalue weighted by molar-refractivity contribution is 8.14. The topological polar surface area (TPSA) is 33.6 Å². The second kappa shape index (κ2) is 5.68. The van der Waals surface area contributed by atoms with Crippen LogP contribution >= 0.6 is 11.8 Å². The van der Waals surface area contributed by atoms with Crippen LogP contribution in [0.2, 0.25) is 0 Å². The van der Waals surface area contributed by atoms with Gasteiger partial charge in [0.2, 0.25) is 0 Å². The van der Waals surface area contributed by atoms with Crippen molar-refractivity contribution in [3.05, 3.63) is 23.8 Å². The van der Waals surface area contributed by atoms with E-state index in [9.17, 15) is 0 Å². The van der Waals surface area contributed by atoms with Crippen LogP contribution in [0.3, 0.4) is 0 Å². The molecule has 0 atom stereocenters. The maximum Gasteiger partial charge on any atom is 0.161 e. The third-order valence-corrected chi connectivity index (χ3v) is 5.35. The first-order chi connectivity index (χ1) is 9.71. The second-order valence-corrected chi connectivity index (χ2v) is 6.78. The number of nitrogens with one attached hydrogen (secondary N) is 1. The van der Waals surface area contributed by atoms with E-state index in [2.05, 4.69) is 24.4 Å². The highest BCUT2D eigenvalue weighted by atomic mass is 32.2. The minimum absolute atomic E-state index is 0.211.